The van der Waals surface area contributed by atoms with E-state index in [1.54, 1.807) is 12.1 Å². The Hall–Kier alpha value is -1.22. The van der Waals surface area contributed by atoms with Gasteiger partial charge < -0.3 is 14.6 Å². The predicted octanol–water partition coefficient (Wildman–Crippen LogP) is 2.19. The first-order valence-corrected chi connectivity index (χ1v) is 4.56. The maximum atomic E-state index is 10.2. The van der Waals surface area contributed by atoms with Gasteiger partial charge in [0.25, 0.3) is 0 Å². The zero-order valence-corrected chi connectivity index (χ0v) is 8.54. The van der Waals surface area contributed by atoms with Crippen LogP contribution in [0.3, 0.4) is 0 Å². The Labute approximate surface area is 87.3 Å². The Morgan fingerprint density at radius 3 is 2.86 bits per heavy atom. The van der Waals surface area contributed by atoms with Gasteiger partial charge in [-0.2, -0.15) is 0 Å². The molecule has 76 valence electrons. The number of hydrogen-bond donors (Lipinski definition) is 1. The molecule has 0 bridgehead atoms. The highest BCUT2D eigenvalue weighted by Gasteiger charge is 2.11. The van der Waals surface area contributed by atoms with Crippen LogP contribution in [-0.2, 0) is 11.2 Å². The average Bonchev–Trinajstić information content (AvgIpc) is 2.18. The summed E-state index contributed by atoms with van der Waals surface area (Å²) in [6.07, 6.45) is 1.67. The van der Waals surface area contributed by atoms with E-state index in [2.05, 4.69) is 0 Å². The van der Waals surface area contributed by atoms with E-state index in [-0.39, 0.29) is 11.5 Å². The Morgan fingerprint density at radius 1 is 1.57 bits per heavy atom. The van der Waals surface area contributed by atoms with Gasteiger partial charge in [0.1, 0.15) is 6.29 Å². The molecule has 0 aliphatic carbocycles. The van der Waals surface area contributed by atoms with Crippen LogP contribution in [0.2, 0.25) is 5.02 Å². The number of carbonyl (C=O) groups is 1. The van der Waals surface area contributed by atoms with Gasteiger partial charge in [-0.1, -0.05) is 17.7 Å². The molecule has 0 atom stereocenters. The fourth-order valence-corrected chi connectivity index (χ4v) is 1.43. The topological polar surface area (TPSA) is 46.5 Å². The first-order chi connectivity index (χ1) is 6.70. The Kier molecular flexibility index (Phi) is 3.77. The van der Waals surface area contributed by atoms with Crippen molar-refractivity contribution in [1.29, 1.82) is 0 Å². The molecular weight excluding hydrogens is 204 g/mol. The monoisotopic (exact) mass is 214 g/mol. The van der Waals surface area contributed by atoms with Gasteiger partial charge in [0.2, 0.25) is 0 Å². The van der Waals surface area contributed by atoms with Crippen LogP contribution in [0.15, 0.2) is 12.1 Å². The van der Waals surface area contributed by atoms with Crippen LogP contribution in [0.5, 0.6) is 11.5 Å². The number of hydrogen-bond acceptors (Lipinski definition) is 3. The maximum absolute atomic E-state index is 10.2. The minimum atomic E-state index is 0.0156. The molecule has 1 N–H and O–H groups in total. The standard InChI is InChI=1S/C10H11ClO3/c1-14-10-8(11)5-4-7(9(10)13)3-2-6-12/h4-6,13H,2-3H2,1H3. The highest BCUT2D eigenvalue weighted by Crippen LogP contribution is 2.37. The number of phenolic OH excluding ortho intramolecular Hbond substituents is 1. The molecule has 0 aliphatic rings. The summed E-state index contributed by atoms with van der Waals surface area (Å²) in [5.41, 5.74) is 0.665. The van der Waals surface area contributed by atoms with Crippen molar-refractivity contribution in [2.45, 2.75) is 12.8 Å². The van der Waals surface area contributed by atoms with Gasteiger partial charge in [-0.25, -0.2) is 0 Å². The number of aldehydes is 1. The molecule has 4 heteroatoms. The van der Waals surface area contributed by atoms with Gasteiger partial charge in [0.05, 0.1) is 12.1 Å². The minimum absolute atomic E-state index is 0.0156. The number of phenols is 1. The lowest BCUT2D eigenvalue weighted by atomic mass is 10.1. The smallest absolute Gasteiger partial charge is 0.179 e. The molecule has 0 aromatic heterocycles. The normalized spacial score (nSPS) is 9.86. The molecule has 0 spiro atoms. The van der Waals surface area contributed by atoms with Crippen molar-refractivity contribution in [2.24, 2.45) is 0 Å². The number of aromatic hydroxyl groups is 1. The van der Waals surface area contributed by atoms with Crippen LogP contribution >= 0.6 is 11.6 Å². The molecule has 0 heterocycles. The number of aryl methyl sites for hydroxylation is 1. The molecule has 1 aromatic carbocycles. The summed E-state index contributed by atoms with van der Waals surface area (Å²) in [5.74, 6) is 0.275. The lowest BCUT2D eigenvalue weighted by Gasteiger charge is -2.09. The molecule has 0 fully saturated rings. The van der Waals surface area contributed by atoms with Crippen LogP contribution in [0.25, 0.3) is 0 Å². The van der Waals surface area contributed by atoms with Crippen LogP contribution in [0.1, 0.15) is 12.0 Å². The first kappa shape index (κ1) is 10.9. The molecule has 1 rings (SSSR count). The van der Waals surface area contributed by atoms with Gasteiger partial charge in [0, 0.05) is 6.42 Å². The second kappa shape index (κ2) is 4.86. The van der Waals surface area contributed by atoms with Crippen molar-refractivity contribution < 1.29 is 14.6 Å². The number of halogens is 1. The third-order valence-corrected chi connectivity index (χ3v) is 2.20. The molecule has 0 aliphatic heterocycles. The largest absolute Gasteiger partial charge is 0.504 e. The zero-order chi connectivity index (χ0) is 10.6. The molecule has 0 radical (unpaired) electrons. The summed E-state index contributed by atoms with van der Waals surface area (Å²) in [4.78, 5) is 10.2. The highest BCUT2D eigenvalue weighted by atomic mass is 35.5. The number of carbonyl (C=O) groups excluding carboxylic acids is 1. The summed E-state index contributed by atoms with van der Waals surface area (Å²) in [6.45, 7) is 0. The number of rotatable bonds is 4. The van der Waals surface area contributed by atoms with E-state index in [0.717, 1.165) is 6.29 Å². The van der Waals surface area contributed by atoms with Crippen molar-refractivity contribution >= 4 is 17.9 Å². The maximum Gasteiger partial charge on any atom is 0.179 e. The molecule has 3 nitrogen and oxygen atoms in total. The van der Waals surface area contributed by atoms with Crippen molar-refractivity contribution in [1.82, 2.24) is 0 Å². The van der Waals surface area contributed by atoms with E-state index < -0.39 is 0 Å². The third kappa shape index (κ3) is 2.17. The lowest BCUT2D eigenvalue weighted by molar-refractivity contribution is -0.107. The zero-order valence-electron chi connectivity index (χ0n) is 7.79. The number of benzene rings is 1. The predicted molar refractivity (Wildman–Crippen MR) is 54.1 cm³/mol. The highest BCUT2D eigenvalue weighted by molar-refractivity contribution is 6.32. The summed E-state index contributed by atoms with van der Waals surface area (Å²) < 4.78 is 4.93. The van der Waals surface area contributed by atoms with E-state index in [0.29, 0.717) is 23.4 Å². The van der Waals surface area contributed by atoms with Crippen LogP contribution in [0.4, 0.5) is 0 Å². The molecular formula is C10H11ClO3. The van der Waals surface area contributed by atoms with Crippen molar-refractivity contribution in [3.63, 3.8) is 0 Å². The van der Waals surface area contributed by atoms with Crippen molar-refractivity contribution in [3.05, 3.63) is 22.7 Å². The second-order valence-corrected chi connectivity index (χ2v) is 3.20. The van der Waals surface area contributed by atoms with E-state index in [1.807, 2.05) is 0 Å². The summed E-state index contributed by atoms with van der Waals surface area (Å²) in [5, 5.41) is 10.0. The van der Waals surface area contributed by atoms with Gasteiger partial charge in [-0.15, -0.1) is 0 Å². The van der Waals surface area contributed by atoms with Gasteiger partial charge in [-0.05, 0) is 18.1 Å². The molecule has 0 saturated carbocycles. The van der Waals surface area contributed by atoms with Gasteiger partial charge in [-0.3, -0.25) is 0 Å². The number of methoxy groups -OCH3 is 1. The summed E-state index contributed by atoms with van der Waals surface area (Å²) in [6, 6.07) is 3.32. The van der Waals surface area contributed by atoms with Crippen LogP contribution in [0, 0.1) is 0 Å². The van der Waals surface area contributed by atoms with E-state index >= 15 is 0 Å². The number of ether oxygens (including phenoxy) is 1. The van der Waals surface area contributed by atoms with Gasteiger partial charge >= 0.3 is 0 Å². The lowest BCUT2D eigenvalue weighted by Crippen LogP contribution is -1.91. The van der Waals surface area contributed by atoms with E-state index in [1.165, 1.54) is 7.11 Å². The Balaban J connectivity index is 3.01. The molecule has 0 unspecified atom stereocenters. The average molecular weight is 215 g/mol. The summed E-state index contributed by atoms with van der Waals surface area (Å²) >= 11 is 5.78. The van der Waals surface area contributed by atoms with Crippen LogP contribution < -0.4 is 4.74 Å². The quantitative estimate of drug-likeness (QED) is 0.782. The van der Waals surface area contributed by atoms with Crippen LogP contribution in [-0.4, -0.2) is 18.5 Å². The van der Waals surface area contributed by atoms with Crippen molar-refractivity contribution in [3.8, 4) is 11.5 Å². The van der Waals surface area contributed by atoms with Crippen molar-refractivity contribution in [2.75, 3.05) is 7.11 Å². The first-order valence-electron chi connectivity index (χ1n) is 4.18. The third-order valence-electron chi connectivity index (χ3n) is 1.90. The minimum Gasteiger partial charge on any atom is -0.504 e. The SMILES string of the molecule is COc1c(Cl)ccc(CCC=O)c1O. The molecule has 14 heavy (non-hydrogen) atoms. The van der Waals surface area contributed by atoms with Gasteiger partial charge in [0.15, 0.2) is 11.5 Å². The fourth-order valence-electron chi connectivity index (χ4n) is 1.20. The molecule has 0 amide bonds. The Morgan fingerprint density at radius 2 is 2.29 bits per heavy atom. The second-order valence-electron chi connectivity index (χ2n) is 2.79. The Bertz CT molecular complexity index is 336. The summed E-state index contributed by atoms with van der Waals surface area (Å²) in [7, 11) is 1.43. The van der Waals surface area contributed by atoms with E-state index in [4.69, 9.17) is 16.3 Å². The molecule has 0 saturated heterocycles. The molecule has 1 aromatic rings. The van der Waals surface area contributed by atoms with E-state index in [9.17, 15) is 9.90 Å². The fraction of sp³-hybridized carbons (Fsp3) is 0.300.